The first-order chi connectivity index (χ1) is 12.6. The monoisotopic (exact) mass is 372 g/mol. The molecule has 1 atom stereocenters. The number of fused-ring (bicyclic) bond motifs is 1. The summed E-state index contributed by atoms with van der Waals surface area (Å²) < 4.78 is 5.81. The fraction of sp³-hybridized carbons (Fsp3) is 0.524. The van der Waals surface area contributed by atoms with E-state index in [-0.39, 0.29) is 12.0 Å². The fourth-order valence-electron chi connectivity index (χ4n) is 3.95. The third-order valence-corrected chi connectivity index (χ3v) is 5.89. The maximum Gasteiger partial charge on any atom is 0.254 e. The Morgan fingerprint density at radius 2 is 2.12 bits per heavy atom. The van der Waals surface area contributed by atoms with Crippen LogP contribution in [0.1, 0.15) is 48.2 Å². The second-order valence-electron chi connectivity index (χ2n) is 7.59. The molecule has 1 saturated carbocycles. The van der Waals surface area contributed by atoms with E-state index in [2.05, 4.69) is 4.98 Å². The summed E-state index contributed by atoms with van der Waals surface area (Å²) in [4.78, 5) is 20.0. The minimum Gasteiger partial charge on any atom is -0.376 e. The largest absolute Gasteiger partial charge is 0.376 e. The zero-order valence-electron chi connectivity index (χ0n) is 15.2. The lowest BCUT2D eigenvalue weighted by molar-refractivity contribution is 0.0449. The average Bonchev–Trinajstić information content (AvgIpc) is 3.09. The summed E-state index contributed by atoms with van der Waals surface area (Å²) in [5.74, 6) is 0.698. The van der Waals surface area contributed by atoms with E-state index in [9.17, 15) is 4.79 Å². The lowest BCUT2D eigenvalue weighted by atomic mass is 9.85. The predicted octanol–water partition coefficient (Wildman–Crippen LogP) is 4.62. The highest BCUT2D eigenvalue weighted by molar-refractivity contribution is 6.35. The van der Waals surface area contributed by atoms with Gasteiger partial charge in [-0.2, -0.15) is 0 Å². The number of amides is 1. The van der Waals surface area contributed by atoms with Crippen LogP contribution in [0.25, 0.3) is 10.9 Å². The first kappa shape index (κ1) is 17.7. The van der Waals surface area contributed by atoms with Crippen LogP contribution in [0.4, 0.5) is 0 Å². The number of aryl methyl sites for hydroxylation is 1. The van der Waals surface area contributed by atoms with Crippen molar-refractivity contribution < 1.29 is 9.53 Å². The second-order valence-corrected chi connectivity index (χ2v) is 8.00. The van der Waals surface area contributed by atoms with Gasteiger partial charge in [-0.15, -0.1) is 0 Å². The van der Waals surface area contributed by atoms with Crippen molar-refractivity contribution in [3.8, 4) is 0 Å². The van der Waals surface area contributed by atoms with Crippen molar-refractivity contribution >= 4 is 28.4 Å². The highest BCUT2D eigenvalue weighted by Crippen LogP contribution is 2.30. The number of halogens is 1. The fourth-order valence-corrected chi connectivity index (χ4v) is 4.17. The molecule has 1 aliphatic heterocycles. The molecule has 0 bridgehead atoms. The topological polar surface area (TPSA) is 42.4 Å². The first-order valence-corrected chi connectivity index (χ1v) is 9.96. The Labute approximate surface area is 159 Å². The van der Waals surface area contributed by atoms with Crippen LogP contribution in [-0.2, 0) is 4.74 Å². The second kappa shape index (κ2) is 7.53. The number of carbonyl (C=O) groups is 1. The minimum absolute atomic E-state index is 0.0742. The van der Waals surface area contributed by atoms with Crippen LogP contribution in [-0.4, -0.2) is 41.6 Å². The number of pyridine rings is 1. The van der Waals surface area contributed by atoms with Crippen LogP contribution in [0.3, 0.4) is 0 Å². The van der Waals surface area contributed by atoms with Crippen molar-refractivity contribution in [2.24, 2.45) is 5.92 Å². The number of rotatable bonds is 5. The molecule has 1 aromatic carbocycles. The predicted molar refractivity (Wildman–Crippen MR) is 104 cm³/mol. The van der Waals surface area contributed by atoms with Gasteiger partial charge in [0.2, 0.25) is 0 Å². The summed E-state index contributed by atoms with van der Waals surface area (Å²) in [5, 5.41) is 1.42. The lowest BCUT2D eigenvalue weighted by Gasteiger charge is -2.34. The van der Waals surface area contributed by atoms with E-state index < -0.39 is 0 Å². The van der Waals surface area contributed by atoms with E-state index in [4.69, 9.17) is 16.3 Å². The van der Waals surface area contributed by atoms with Gasteiger partial charge in [-0.25, -0.2) is 0 Å². The molecular formula is C21H25ClN2O2. The SMILES string of the molecule is Cc1cc(C(=O)N(CC2CCC2)C[C@H]2CCCO2)c2cccc(Cl)c2n1. The van der Waals surface area contributed by atoms with Crippen molar-refractivity contribution in [1.82, 2.24) is 9.88 Å². The summed E-state index contributed by atoms with van der Waals surface area (Å²) >= 11 is 6.33. The Kier molecular flexibility index (Phi) is 5.14. The van der Waals surface area contributed by atoms with Crippen molar-refractivity contribution in [2.75, 3.05) is 19.7 Å². The summed E-state index contributed by atoms with van der Waals surface area (Å²) in [5.41, 5.74) is 2.22. The number of ether oxygens (including phenoxy) is 1. The molecule has 0 N–H and O–H groups in total. The molecule has 26 heavy (non-hydrogen) atoms. The number of hydrogen-bond acceptors (Lipinski definition) is 3. The van der Waals surface area contributed by atoms with Crippen LogP contribution in [0, 0.1) is 12.8 Å². The third-order valence-electron chi connectivity index (χ3n) is 5.59. The quantitative estimate of drug-likeness (QED) is 0.769. The van der Waals surface area contributed by atoms with Gasteiger partial charge in [-0.1, -0.05) is 30.2 Å². The molecule has 0 spiro atoms. The molecule has 0 unspecified atom stereocenters. The number of aromatic nitrogens is 1. The van der Waals surface area contributed by atoms with E-state index >= 15 is 0 Å². The van der Waals surface area contributed by atoms with Crippen molar-refractivity contribution in [3.05, 3.63) is 40.5 Å². The molecule has 2 aromatic rings. The van der Waals surface area contributed by atoms with E-state index in [0.717, 1.165) is 37.1 Å². The van der Waals surface area contributed by atoms with Gasteiger partial charge in [0.1, 0.15) is 0 Å². The molecule has 0 radical (unpaired) electrons. The van der Waals surface area contributed by atoms with Crippen molar-refractivity contribution in [3.63, 3.8) is 0 Å². The van der Waals surface area contributed by atoms with E-state index in [1.807, 2.05) is 36.1 Å². The van der Waals surface area contributed by atoms with Gasteiger partial charge in [0, 0.05) is 30.8 Å². The summed E-state index contributed by atoms with van der Waals surface area (Å²) in [6, 6.07) is 7.54. The molecule has 4 nitrogen and oxygen atoms in total. The van der Waals surface area contributed by atoms with E-state index in [0.29, 0.717) is 28.6 Å². The molecule has 2 heterocycles. The van der Waals surface area contributed by atoms with Crippen LogP contribution in [0.2, 0.25) is 5.02 Å². The molecule has 1 aliphatic carbocycles. The van der Waals surface area contributed by atoms with Crippen LogP contribution >= 0.6 is 11.6 Å². The van der Waals surface area contributed by atoms with Gasteiger partial charge >= 0.3 is 0 Å². The Hall–Kier alpha value is -1.65. The summed E-state index contributed by atoms with van der Waals surface area (Å²) in [6.45, 7) is 4.22. The summed E-state index contributed by atoms with van der Waals surface area (Å²) in [7, 11) is 0. The Morgan fingerprint density at radius 3 is 2.81 bits per heavy atom. The number of nitrogens with zero attached hydrogens (tertiary/aromatic N) is 2. The maximum atomic E-state index is 13.5. The molecule has 2 aliphatic rings. The highest BCUT2D eigenvalue weighted by atomic mass is 35.5. The standard InChI is InChI=1S/C21H25ClN2O2/c1-14-11-18(17-8-3-9-19(22)20(17)23-14)21(25)24(12-15-5-2-6-15)13-16-7-4-10-26-16/h3,8-9,11,15-16H,2,4-7,10,12-13H2,1H3/t16-/m1/s1. The van der Waals surface area contributed by atoms with Gasteiger partial charge in [0.05, 0.1) is 22.2 Å². The smallest absolute Gasteiger partial charge is 0.254 e. The van der Waals surface area contributed by atoms with Crippen LogP contribution in [0.5, 0.6) is 0 Å². The molecule has 1 amide bonds. The molecule has 1 aromatic heterocycles. The number of benzene rings is 1. The highest BCUT2D eigenvalue weighted by Gasteiger charge is 2.29. The molecule has 4 rings (SSSR count). The van der Waals surface area contributed by atoms with Crippen LogP contribution in [0.15, 0.2) is 24.3 Å². The lowest BCUT2D eigenvalue weighted by Crippen LogP contribution is -2.42. The molecule has 2 fully saturated rings. The van der Waals surface area contributed by atoms with Gasteiger partial charge in [-0.05, 0) is 50.7 Å². The third kappa shape index (κ3) is 3.58. The first-order valence-electron chi connectivity index (χ1n) is 9.58. The molecule has 138 valence electrons. The normalized spacial score (nSPS) is 20.3. The Balaban J connectivity index is 1.67. The summed E-state index contributed by atoms with van der Waals surface area (Å²) in [6.07, 6.45) is 6.00. The van der Waals surface area contributed by atoms with Gasteiger partial charge in [0.15, 0.2) is 0 Å². The Bertz CT molecular complexity index is 813. The maximum absolute atomic E-state index is 13.5. The van der Waals surface area contributed by atoms with E-state index in [1.54, 1.807) is 0 Å². The zero-order valence-corrected chi connectivity index (χ0v) is 16.0. The van der Waals surface area contributed by atoms with Crippen LogP contribution < -0.4 is 0 Å². The van der Waals surface area contributed by atoms with E-state index in [1.165, 1.54) is 19.3 Å². The van der Waals surface area contributed by atoms with Crippen molar-refractivity contribution in [1.29, 1.82) is 0 Å². The molecule has 1 saturated heterocycles. The minimum atomic E-state index is 0.0742. The van der Waals surface area contributed by atoms with Gasteiger partial charge < -0.3 is 9.64 Å². The van der Waals surface area contributed by atoms with Gasteiger partial charge in [0.25, 0.3) is 5.91 Å². The zero-order chi connectivity index (χ0) is 18.1. The number of hydrogen-bond donors (Lipinski definition) is 0. The molecular weight excluding hydrogens is 348 g/mol. The molecule has 5 heteroatoms. The van der Waals surface area contributed by atoms with Gasteiger partial charge in [-0.3, -0.25) is 9.78 Å². The Morgan fingerprint density at radius 1 is 1.27 bits per heavy atom. The number of carbonyl (C=O) groups excluding carboxylic acids is 1. The van der Waals surface area contributed by atoms with Crippen molar-refractivity contribution in [2.45, 2.75) is 45.1 Å². The number of para-hydroxylation sites is 1. The average molecular weight is 373 g/mol.